The molecule has 1 unspecified atom stereocenters. The summed E-state index contributed by atoms with van der Waals surface area (Å²) in [6, 6.07) is 1.84. The molecule has 0 aliphatic rings. The third-order valence-corrected chi connectivity index (χ3v) is 2.22. The lowest BCUT2D eigenvalue weighted by Gasteiger charge is -2.13. The van der Waals surface area contributed by atoms with Crippen LogP contribution in [0.3, 0.4) is 0 Å². The number of aliphatic hydroxyl groups is 1. The van der Waals surface area contributed by atoms with Crippen molar-refractivity contribution in [3.05, 3.63) is 17.5 Å². The standard InChI is InChI=1S/C11H19NO2/c1-7(2)10(13)8-6-9(12-14-8)11(3,4)5/h6-7,10,13H,1-5H3. The van der Waals surface area contributed by atoms with Crippen LogP contribution in [0.1, 0.15) is 52.2 Å². The van der Waals surface area contributed by atoms with Crippen molar-refractivity contribution in [2.24, 2.45) is 5.92 Å². The van der Waals surface area contributed by atoms with Gasteiger partial charge in [-0.05, 0) is 5.92 Å². The zero-order valence-electron chi connectivity index (χ0n) is 9.53. The summed E-state index contributed by atoms with van der Waals surface area (Å²) < 4.78 is 5.11. The Balaban J connectivity index is 2.89. The number of rotatable bonds is 2. The predicted molar refractivity (Wildman–Crippen MR) is 55.0 cm³/mol. The van der Waals surface area contributed by atoms with Crippen molar-refractivity contribution in [2.75, 3.05) is 0 Å². The van der Waals surface area contributed by atoms with Crippen LogP contribution < -0.4 is 0 Å². The van der Waals surface area contributed by atoms with Gasteiger partial charge in [0.2, 0.25) is 0 Å². The fourth-order valence-corrected chi connectivity index (χ4v) is 1.11. The SMILES string of the molecule is CC(C)C(O)c1cc(C(C)(C)C)no1. The molecule has 0 aliphatic heterocycles. The third kappa shape index (κ3) is 2.35. The van der Waals surface area contributed by atoms with Gasteiger partial charge in [-0.2, -0.15) is 0 Å². The first-order valence-corrected chi connectivity index (χ1v) is 4.97. The maximum absolute atomic E-state index is 9.74. The van der Waals surface area contributed by atoms with Crippen LogP contribution in [0.5, 0.6) is 0 Å². The summed E-state index contributed by atoms with van der Waals surface area (Å²) in [6.07, 6.45) is -0.557. The van der Waals surface area contributed by atoms with E-state index in [1.54, 1.807) is 0 Å². The summed E-state index contributed by atoms with van der Waals surface area (Å²) in [5, 5.41) is 13.7. The lowest BCUT2D eigenvalue weighted by atomic mass is 9.91. The second kappa shape index (κ2) is 3.73. The van der Waals surface area contributed by atoms with Crippen molar-refractivity contribution in [3.63, 3.8) is 0 Å². The summed E-state index contributed by atoms with van der Waals surface area (Å²) in [6.45, 7) is 10.1. The van der Waals surface area contributed by atoms with Crippen molar-refractivity contribution in [1.29, 1.82) is 0 Å². The van der Waals surface area contributed by atoms with E-state index in [1.807, 2.05) is 19.9 Å². The Hall–Kier alpha value is -0.830. The van der Waals surface area contributed by atoms with Gasteiger partial charge < -0.3 is 9.63 Å². The Morgan fingerprint density at radius 1 is 1.36 bits per heavy atom. The molecule has 1 aromatic rings. The van der Waals surface area contributed by atoms with Gasteiger partial charge in [-0.25, -0.2) is 0 Å². The van der Waals surface area contributed by atoms with E-state index in [1.165, 1.54) is 0 Å². The molecule has 0 radical (unpaired) electrons. The van der Waals surface area contributed by atoms with Crippen LogP contribution in [-0.4, -0.2) is 10.3 Å². The van der Waals surface area contributed by atoms with Gasteiger partial charge in [-0.15, -0.1) is 0 Å². The van der Waals surface area contributed by atoms with Gasteiger partial charge in [0.1, 0.15) is 6.10 Å². The highest BCUT2D eigenvalue weighted by Gasteiger charge is 2.23. The van der Waals surface area contributed by atoms with Gasteiger partial charge in [-0.1, -0.05) is 39.8 Å². The molecule has 1 heterocycles. The van der Waals surface area contributed by atoms with E-state index in [0.29, 0.717) is 5.76 Å². The van der Waals surface area contributed by atoms with Gasteiger partial charge in [-0.3, -0.25) is 0 Å². The van der Waals surface area contributed by atoms with Crippen LogP contribution >= 0.6 is 0 Å². The molecule has 0 amide bonds. The molecule has 80 valence electrons. The number of hydrogen-bond donors (Lipinski definition) is 1. The topological polar surface area (TPSA) is 46.3 Å². The number of nitrogens with zero attached hydrogens (tertiary/aromatic N) is 1. The molecule has 1 N–H and O–H groups in total. The van der Waals surface area contributed by atoms with E-state index in [0.717, 1.165) is 5.69 Å². The molecule has 1 aromatic heterocycles. The van der Waals surface area contributed by atoms with E-state index in [4.69, 9.17) is 4.52 Å². The maximum Gasteiger partial charge on any atom is 0.165 e. The summed E-state index contributed by atoms with van der Waals surface area (Å²) in [4.78, 5) is 0. The van der Waals surface area contributed by atoms with E-state index in [-0.39, 0.29) is 11.3 Å². The van der Waals surface area contributed by atoms with Crippen molar-refractivity contribution < 1.29 is 9.63 Å². The van der Waals surface area contributed by atoms with Crippen molar-refractivity contribution in [1.82, 2.24) is 5.16 Å². The Labute approximate surface area is 85.1 Å². The molecule has 0 fully saturated rings. The lowest BCUT2D eigenvalue weighted by Crippen LogP contribution is -2.11. The fourth-order valence-electron chi connectivity index (χ4n) is 1.11. The monoisotopic (exact) mass is 197 g/mol. The smallest absolute Gasteiger partial charge is 0.165 e. The first kappa shape index (κ1) is 11.2. The largest absolute Gasteiger partial charge is 0.385 e. The molecule has 3 nitrogen and oxygen atoms in total. The van der Waals surface area contributed by atoms with Gasteiger partial charge in [0.15, 0.2) is 5.76 Å². The van der Waals surface area contributed by atoms with Crippen LogP contribution in [0.4, 0.5) is 0 Å². The van der Waals surface area contributed by atoms with Crippen LogP contribution in [-0.2, 0) is 5.41 Å². The number of aromatic nitrogens is 1. The number of hydrogen-bond acceptors (Lipinski definition) is 3. The minimum Gasteiger partial charge on any atom is -0.385 e. The Morgan fingerprint density at radius 2 is 1.93 bits per heavy atom. The molecule has 1 atom stereocenters. The zero-order chi connectivity index (χ0) is 10.9. The molecule has 0 aromatic carbocycles. The molecule has 3 heteroatoms. The Morgan fingerprint density at radius 3 is 2.29 bits per heavy atom. The van der Waals surface area contributed by atoms with Gasteiger partial charge in [0, 0.05) is 11.5 Å². The highest BCUT2D eigenvalue weighted by Crippen LogP contribution is 2.27. The van der Waals surface area contributed by atoms with Crippen molar-refractivity contribution >= 4 is 0 Å². The Bertz CT molecular complexity index is 296. The summed E-state index contributed by atoms with van der Waals surface area (Å²) in [7, 11) is 0. The Kier molecular flexibility index (Phi) is 3.00. The summed E-state index contributed by atoms with van der Waals surface area (Å²) in [5.41, 5.74) is 0.852. The van der Waals surface area contributed by atoms with Gasteiger partial charge >= 0.3 is 0 Å². The van der Waals surface area contributed by atoms with E-state index >= 15 is 0 Å². The predicted octanol–water partition coefficient (Wildman–Crippen LogP) is 2.66. The molecule has 14 heavy (non-hydrogen) atoms. The molecule has 0 bridgehead atoms. The van der Waals surface area contributed by atoms with Crippen LogP contribution in [0.25, 0.3) is 0 Å². The second-order valence-electron chi connectivity index (χ2n) is 5.05. The van der Waals surface area contributed by atoms with Crippen LogP contribution in [0, 0.1) is 5.92 Å². The van der Waals surface area contributed by atoms with E-state index < -0.39 is 6.10 Å². The molecule has 0 spiro atoms. The summed E-state index contributed by atoms with van der Waals surface area (Å²) >= 11 is 0. The second-order valence-corrected chi connectivity index (χ2v) is 5.05. The third-order valence-electron chi connectivity index (χ3n) is 2.22. The average molecular weight is 197 g/mol. The zero-order valence-corrected chi connectivity index (χ0v) is 9.53. The van der Waals surface area contributed by atoms with Crippen molar-refractivity contribution in [3.8, 4) is 0 Å². The highest BCUT2D eigenvalue weighted by molar-refractivity contribution is 5.15. The molecule has 0 saturated heterocycles. The molecule has 0 saturated carbocycles. The van der Waals surface area contributed by atoms with Crippen molar-refractivity contribution in [2.45, 2.75) is 46.1 Å². The lowest BCUT2D eigenvalue weighted by molar-refractivity contribution is 0.0947. The maximum atomic E-state index is 9.74. The fraction of sp³-hybridized carbons (Fsp3) is 0.727. The normalized spacial score (nSPS) is 14.8. The average Bonchev–Trinajstić information content (AvgIpc) is 2.49. The molecular formula is C11H19NO2. The molecule has 0 aliphatic carbocycles. The first-order chi connectivity index (χ1) is 6.32. The molecule has 1 rings (SSSR count). The minimum absolute atomic E-state index is 0.0293. The summed E-state index contributed by atoms with van der Waals surface area (Å²) in [5.74, 6) is 0.709. The van der Waals surface area contributed by atoms with Crippen LogP contribution in [0.2, 0.25) is 0 Å². The van der Waals surface area contributed by atoms with E-state index in [9.17, 15) is 5.11 Å². The molecular weight excluding hydrogens is 178 g/mol. The highest BCUT2D eigenvalue weighted by atomic mass is 16.5. The van der Waals surface area contributed by atoms with Crippen LogP contribution in [0.15, 0.2) is 10.6 Å². The van der Waals surface area contributed by atoms with Gasteiger partial charge in [0.25, 0.3) is 0 Å². The first-order valence-electron chi connectivity index (χ1n) is 4.97. The number of aliphatic hydroxyl groups excluding tert-OH is 1. The minimum atomic E-state index is -0.557. The van der Waals surface area contributed by atoms with Gasteiger partial charge in [0.05, 0.1) is 5.69 Å². The quantitative estimate of drug-likeness (QED) is 0.792. The van der Waals surface area contributed by atoms with E-state index in [2.05, 4.69) is 25.9 Å².